The van der Waals surface area contributed by atoms with Gasteiger partial charge < -0.3 is 10.8 Å². The number of alkyl halides is 3. The second kappa shape index (κ2) is 6.30. The minimum atomic E-state index is -4.31. The van der Waals surface area contributed by atoms with Crippen LogP contribution in [0.5, 0.6) is 0 Å². The minimum absolute atomic E-state index is 0.113. The van der Waals surface area contributed by atoms with E-state index in [1.807, 2.05) is 0 Å². The van der Waals surface area contributed by atoms with E-state index in [0.29, 0.717) is 6.42 Å². The molecule has 0 aromatic heterocycles. The van der Waals surface area contributed by atoms with Gasteiger partial charge in [0.25, 0.3) is 0 Å². The number of hydrogen-bond acceptors (Lipinski definition) is 3. The predicted octanol–water partition coefficient (Wildman–Crippen LogP) is 0.969. The molecule has 3 nitrogen and oxygen atoms in total. The van der Waals surface area contributed by atoms with Crippen molar-refractivity contribution >= 4 is 0 Å². The summed E-state index contributed by atoms with van der Waals surface area (Å²) in [7, 11) is 0. The summed E-state index contributed by atoms with van der Waals surface area (Å²) in [6.07, 6.45) is -3.99. The third-order valence-electron chi connectivity index (χ3n) is 2.24. The van der Waals surface area contributed by atoms with Gasteiger partial charge in [0.1, 0.15) is 6.04 Å². The van der Waals surface area contributed by atoms with Crippen molar-refractivity contribution in [3.63, 3.8) is 0 Å². The van der Waals surface area contributed by atoms with Gasteiger partial charge in [-0.25, -0.2) is 0 Å². The molecular weight excluding hydrogens is 209 g/mol. The zero-order valence-corrected chi connectivity index (χ0v) is 9.09. The summed E-state index contributed by atoms with van der Waals surface area (Å²) in [6, 6.07) is -1.87. The Morgan fingerprint density at radius 3 is 2.13 bits per heavy atom. The van der Waals surface area contributed by atoms with E-state index < -0.39 is 18.8 Å². The van der Waals surface area contributed by atoms with E-state index in [2.05, 4.69) is 0 Å². The fraction of sp³-hybridized carbons (Fsp3) is 1.00. The lowest BCUT2D eigenvalue weighted by molar-refractivity contribution is -0.185. The van der Waals surface area contributed by atoms with Gasteiger partial charge >= 0.3 is 6.18 Å². The number of rotatable bonds is 6. The molecule has 0 radical (unpaired) electrons. The molecule has 15 heavy (non-hydrogen) atoms. The van der Waals surface area contributed by atoms with Crippen LogP contribution in [0.3, 0.4) is 0 Å². The molecule has 1 atom stereocenters. The van der Waals surface area contributed by atoms with Gasteiger partial charge in [-0.1, -0.05) is 0 Å². The molecule has 0 bridgehead atoms. The van der Waals surface area contributed by atoms with Gasteiger partial charge in [-0.3, -0.25) is 4.90 Å². The highest BCUT2D eigenvalue weighted by Gasteiger charge is 2.43. The highest BCUT2D eigenvalue weighted by molar-refractivity contribution is 4.81. The van der Waals surface area contributed by atoms with Crippen LogP contribution in [0.4, 0.5) is 13.2 Å². The molecule has 6 heteroatoms. The normalized spacial score (nSPS) is 15.0. The lowest BCUT2D eigenvalue weighted by atomic mass is 10.1. The van der Waals surface area contributed by atoms with Gasteiger partial charge in [0, 0.05) is 25.7 Å². The molecule has 0 aliphatic heterocycles. The maximum absolute atomic E-state index is 12.6. The fourth-order valence-corrected chi connectivity index (χ4v) is 1.48. The zero-order valence-electron chi connectivity index (χ0n) is 9.09. The molecule has 0 rings (SSSR count). The SMILES string of the molecule is CC(C)N(CCCO)C(CN)C(F)(F)F. The van der Waals surface area contributed by atoms with Crippen molar-refractivity contribution in [2.45, 2.75) is 38.5 Å². The lowest BCUT2D eigenvalue weighted by Crippen LogP contribution is -2.53. The topological polar surface area (TPSA) is 49.5 Å². The summed E-state index contributed by atoms with van der Waals surface area (Å²) in [5, 5.41) is 8.62. The maximum atomic E-state index is 12.6. The monoisotopic (exact) mass is 228 g/mol. The van der Waals surface area contributed by atoms with Crippen molar-refractivity contribution in [3.05, 3.63) is 0 Å². The van der Waals surface area contributed by atoms with Gasteiger partial charge in [0.2, 0.25) is 0 Å². The van der Waals surface area contributed by atoms with E-state index >= 15 is 0 Å². The molecule has 92 valence electrons. The van der Waals surface area contributed by atoms with Crippen LogP contribution in [0, 0.1) is 0 Å². The summed E-state index contributed by atoms with van der Waals surface area (Å²) < 4.78 is 37.7. The quantitative estimate of drug-likeness (QED) is 0.712. The summed E-state index contributed by atoms with van der Waals surface area (Å²) in [5.74, 6) is 0. The molecule has 0 spiro atoms. The largest absolute Gasteiger partial charge is 0.405 e. The molecule has 0 aromatic carbocycles. The third kappa shape index (κ3) is 4.81. The first kappa shape index (κ1) is 14.7. The second-order valence-electron chi connectivity index (χ2n) is 3.70. The van der Waals surface area contributed by atoms with Gasteiger partial charge in [0.05, 0.1) is 0 Å². The van der Waals surface area contributed by atoms with Crippen LogP contribution in [0.15, 0.2) is 0 Å². The van der Waals surface area contributed by atoms with Crippen molar-refractivity contribution in [2.75, 3.05) is 19.7 Å². The van der Waals surface area contributed by atoms with E-state index in [9.17, 15) is 13.2 Å². The molecule has 0 heterocycles. The highest BCUT2D eigenvalue weighted by atomic mass is 19.4. The van der Waals surface area contributed by atoms with Gasteiger partial charge in [-0.05, 0) is 20.3 Å². The van der Waals surface area contributed by atoms with Crippen LogP contribution in [0.25, 0.3) is 0 Å². The molecular formula is C9H19F3N2O. The summed E-state index contributed by atoms with van der Waals surface area (Å²) in [4.78, 5) is 1.27. The molecule has 0 aliphatic carbocycles. The smallest absolute Gasteiger partial charge is 0.396 e. The van der Waals surface area contributed by atoms with Gasteiger partial charge in [-0.2, -0.15) is 13.2 Å². The number of halogens is 3. The van der Waals surface area contributed by atoms with Crippen LogP contribution in [0.2, 0.25) is 0 Å². The molecule has 0 saturated carbocycles. The zero-order chi connectivity index (χ0) is 12.1. The van der Waals surface area contributed by atoms with E-state index in [1.165, 1.54) is 4.90 Å². The van der Waals surface area contributed by atoms with E-state index in [-0.39, 0.29) is 19.2 Å². The maximum Gasteiger partial charge on any atom is 0.405 e. The molecule has 3 N–H and O–H groups in total. The number of aliphatic hydroxyl groups is 1. The first-order valence-corrected chi connectivity index (χ1v) is 4.98. The van der Waals surface area contributed by atoms with Crippen molar-refractivity contribution < 1.29 is 18.3 Å². The van der Waals surface area contributed by atoms with Crippen LogP contribution in [-0.2, 0) is 0 Å². The minimum Gasteiger partial charge on any atom is -0.396 e. The first-order valence-electron chi connectivity index (χ1n) is 4.98. The van der Waals surface area contributed by atoms with Crippen LogP contribution in [0.1, 0.15) is 20.3 Å². The molecule has 0 aliphatic rings. The Morgan fingerprint density at radius 1 is 1.33 bits per heavy atom. The second-order valence-corrected chi connectivity index (χ2v) is 3.70. The number of aliphatic hydroxyl groups excluding tert-OH is 1. The Bertz CT molecular complexity index is 173. The van der Waals surface area contributed by atoms with Crippen molar-refractivity contribution in [3.8, 4) is 0 Å². The molecule has 0 aromatic rings. The average molecular weight is 228 g/mol. The predicted molar refractivity (Wildman–Crippen MR) is 52.4 cm³/mol. The standard InChI is InChI=1S/C9H19F3N2O/c1-7(2)14(4-3-5-15)8(6-13)9(10,11)12/h7-8,15H,3-6,13H2,1-2H3. The van der Waals surface area contributed by atoms with Crippen molar-refractivity contribution in [1.82, 2.24) is 4.90 Å². The Morgan fingerprint density at radius 2 is 1.87 bits per heavy atom. The van der Waals surface area contributed by atoms with E-state index in [1.54, 1.807) is 13.8 Å². The van der Waals surface area contributed by atoms with Crippen LogP contribution >= 0.6 is 0 Å². The fourth-order valence-electron chi connectivity index (χ4n) is 1.48. The summed E-state index contributed by atoms with van der Waals surface area (Å²) >= 11 is 0. The van der Waals surface area contributed by atoms with Crippen molar-refractivity contribution in [2.24, 2.45) is 5.73 Å². The van der Waals surface area contributed by atoms with E-state index in [4.69, 9.17) is 10.8 Å². The molecule has 0 saturated heterocycles. The Kier molecular flexibility index (Phi) is 6.16. The summed E-state index contributed by atoms with van der Waals surface area (Å²) in [6.45, 7) is 3.01. The van der Waals surface area contributed by atoms with Gasteiger partial charge in [-0.15, -0.1) is 0 Å². The number of hydrogen-bond donors (Lipinski definition) is 2. The Labute approximate surface area is 88.0 Å². The third-order valence-corrected chi connectivity index (χ3v) is 2.24. The molecule has 0 fully saturated rings. The molecule has 1 unspecified atom stereocenters. The number of nitrogens with two attached hydrogens (primary N) is 1. The van der Waals surface area contributed by atoms with E-state index in [0.717, 1.165) is 0 Å². The number of nitrogens with zero attached hydrogens (tertiary/aromatic N) is 1. The van der Waals surface area contributed by atoms with Crippen LogP contribution in [-0.4, -0.2) is 48.0 Å². The van der Waals surface area contributed by atoms with Gasteiger partial charge in [0.15, 0.2) is 0 Å². The molecule has 0 amide bonds. The Balaban J connectivity index is 4.55. The Hall–Kier alpha value is -0.330. The highest BCUT2D eigenvalue weighted by Crippen LogP contribution is 2.25. The lowest BCUT2D eigenvalue weighted by Gasteiger charge is -2.35. The van der Waals surface area contributed by atoms with Crippen LogP contribution < -0.4 is 5.73 Å². The first-order chi connectivity index (χ1) is 6.84. The average Bonchev–Trinajstić information content (AvgIpc) is 2.09. The summed E-state index contributed by atoms with van der Waals surface area (Å²) in [5.41, 5.74) is 5.15. The van der Waals surface area contributed by atoms with Crippen molar-refractivity contribution in [1.29, 1.82) is 0 Å².